The van der Waals surface area contributed by atoms with Crippen molar-refractivity contribution in [2.45, 2.75) is 32.6 Å². The van der Waals surface area contributed by atoms with Gasteiger partial charge in [0.2, 0.25) is 5.91 Å². The number of benzene rings is 2. The van der Waals surface area contributed by atoms with E-state index in [1.807, 2.05) is 36.5 Å². The van der Waals surface area contributed by atoms with Crippen molar-refractivity contribution in [1.82, 2.24) is 14.5 Å². The number of fused-ring (bicyclic) bond motifs is 1. The van der Waals surface area contributed by atoms with Crippen LogP contribution in [0.25, 0.3) is 28.1 Å². The predicted molar refractivity (Wildman–Crippen MR) is 122 cm³/mol. The quantitative estimate of drug-likeness (QED) is 0.398. The summed E-state index contributed by atoms with van der Waals surface area (Å²) in [7, 11) is 0. The van der Waals surface area contributed by atoms with E-state index in [2.05, 4.69) is 40.7 Å². The van der Waals surface area contributed by atoms with E-state index in [1.54, 1.807) is 6.20 Å². The number of pyridine rings is 1. The number of carbonyl (C=O) groups is 1. The van der Waals surface area contributed by atoms with Crippen LogP contribution < -0.4 is 10.5 Å². The van der Waals surface area contributed by atoms with Crippen molar-refractivity contribution in [2.75, 3.05) is 6.61 Å². The van der Waals surface area contributed by atoms with Crippen molar-refractivity contribution in [3.05, 3.63) is 72.6 Å². The highest BCUT2D eigenvalue weighted by Gasteiger charge is 2.15. The van der Waals surface area contributed by atoms with Crippen LogP contribution in [-0.4, -0.2) is 27.0 Å². The summed E-state index contributed by atoms with van der Waals surface area (Å²) >= 11 is 0. The summed E-state index contributed by atoms with van der Waals surface area (Å²) in [6.07, 6.45) is 6.61. The lowest BCUT2D eigenvalue weighted by Gasteiger charge is -2.11. The fourth-order valence-electron chi connectivity index (χ4n) is 3.56. The fourth-order valence-corrected chi connectivity index (χ4v) is 3.56. The first-order chi connectivity index (χ1) is 15.1. The number of rotatable bonds is 9. The lowest BCUT2D eigenvalue weighted by atomic mass is 10.2. The Morgan fingerprint density at radius 2 is 1.90 bits per heavy atom. The van der Waals surface area contributed by atoms with Crippen molar-refractivity contribution in [2.24, 2.45) is 5.73 Å². The number of nitrogens with zero attached hydrogens (tertiary/aromatic N) is 3. The van der Waals surface area contributed by atoms with Crippen LogP contribution in [0.3, 0.4) is 0 Å². The molecule has 2 aromatic carbocycles. The fraction of sp³-hybridized carbons (Fsp3) is 0.240. The number of aryl methyl sites for hydroxylation is 1. The first-order valence-electron chi connectivity index (χ1n) is 10.5. The van der Waals surface area contributed by atoms with Crippen LogP contribution >= 0.6 is 0 Å². The maximum absolute atomic E-state index is 10.8. The standard InChI is InChI=1S/C25H26N4O2/c1-18-8-10-20(11-9-18)29-23-16-21(31-15-4-2-3-7-24(26)30)12-13-22(23)28-25(29)19-6-5-14-27-17-19/h5-6,8-14,16-17H,2-4,7,15H2,1H3,(H2,26,30). The number of aromatic nitrogens is 3. The zero-order valence-corrected chi connectivity index (χ0v) is 17.6. The number of carbonyl (C=O) groups excluding carboxylic acids is 1. The largest absolute Gasteiger partial charge is 0.494 e. The molecule has 0 saturated carbocycles. The molecular weight excluding hydrogens is 388 g/mol. The van der Waals surface area contributed by atoms with Gasteiger partial charge in [-0.05, 0) is 62.6 Å². The molecule has 0 spiro atoms. The number of amides is 1. The minimum atomic E-state index is -0.250. The van der Waals surface area contributed by atoms with E-state index in [4.69, 9.17) is 15.5 Å². The highest BCUT2D eigenvalue weighted by atomic mass is 16.5. The van der Waals surface area contributed by atoms with Crippen molar-refractivity contribution >= 4 is 16.9 Å². The molecule has 0 radical (unpaired) electrons. The number of hydrogen-bond donors (Lipinski definition) is 1. The van der Waals surface area contributed by atoms with Gasteiger partial charge in [0.25, 0.3) is 0 Å². The molecule has 0 unspecified atom stereocenters. The summed E-state index contributed by atoms with van der Waals surface area (Å²) in [6.45, 7) is 2.67. The van der Waals surface area contributed by atoms with Gasteiger partial charge in [0, 0.05) is 36.1 Å². The monoisotopic (exact) mass is 414 g/mol. The highest BCUT2D eigenvalue weighted by Crippen LogP contribution is 2.30. The molecular formula is C25H26N4O2. The average Bonchev–Trinajstić information content (AvgIpc) is 3.16. The smallest absolute Gasteiger partial charge is 0.217 e. The van der Waals surface area contributed by atoms with E-state index in [0.29, 0.717) is 13.0 Å². The van der Waals surface area contributed by atoms with E-state index >= 15 is 0 Å². The Kier molecular flexibility index (Phi) is 6.26. The van der Waals surface area contributed by atoms with Gasteiger partial charge in [-0.1, -0.05) is 17.7 Å². The van der Waals surface area contributed by atoms with E-state index in [9.17, 15) is 4.79 Å². The molecule has 1 amide bonds. The average molecular weight is 415 g/mol. The third-order valence-electron chi connectivity index (χ3n) is 5.17. The summed E-state index contributed by atoms with van der Waals surface area (Å²) in [5.74, 6) is 1.39. The first-order valence-corrected chi connectivity index (χ1v) is 10.5. The predicted octanol–water partition coefficient (Wildman–Crippen LogP) is 4.82. The van der Waals surface area contributed by atoms with Crippen LogP contribution in [-0.2, 0) is 4.79 Å². The Morgan fingerprint density at radius 1 is 1.06 bits per heavy atom. The van der Waals surface area contributed by atoms with Gasteiger partial charge in [0.05, 0.1) is 17.6 Å². The van der Waals surface area contributed by atoms with Crippen LogP contribution in [0.15, 0.2) is 67.0 Å². The molecule has 2 aromatic heterocycles. The van der Waals surface area contributed by atoms with E-state index in [-0.39, 0.29) is 5.91 Å². The molecule has 0 fully saturated rings. The number of ether oxygens (including phenoxy) is 1. The number of imidazole rings is 1. The second-order valence-electron chi connectivity index (χ2n) is 7.62. The zero-order chi connectivity index (χ0) is 21.6. The number of nitrogens with two attached hydrogens (primary N) is 1. The van der Waals surface area contributed by atoms with Gasteiger partial charge in [0.1, 0.15) is 11.6 Å². The summed E-state index contributed by atoms with van der Waals surface area (Å²) in [6, 6.07) is 18.3. The number of primary amides is 1. The van der Waals surface area contributed by atoms with Crippen molar-refractivity contribution in [3.63, 3.8) is 0 Å². The summed E-state index contributed by atoms with van der Waals surface area (Å²) in [5, 5.41) is 0. The van der Waals surface area contributed by atoms with Gasteiger partial charge in [0.15, 0.2) is 0 Å². The van der Waals surface area contributed by atoms with Gasteiger partial charge >= 0.3 is 0 Å². The topological polar surface area (TPSA) is 83.0 Å². The molecule has 0 aliphatic heterocycles. The molecule has 0 bridgehead atoms. The number of hydrogen-bond acceptors (Lipinski definition) is 4. The zero-order valence-electron chi connectivity index (χ0n) is 17.6. The van der Waals surface area contributed by atoms with Crippen LogP contribution in [0.1, 0.15) is 31.2 Å². The Morgan fingerprint density at radius 3 is 2.65 bits per heavy atom. The van der Waals surface area contributed by atoms with Crippen LogP contribution in [0.4, 0.5) is 0 Å². The van der Waals surface area contributed by atoms with Gasteiger partial charge in [-0.2, -0.15) is 0 Å². The number of unbranched alkanes of at least 4 members (excludes halogenated alkanes) is 2. The van der Waals surface area contributed by atoms with E-state index in [0.717, 1.165) is 53.1 Å². The Hall–Kier alpha value is -3.67. The minimum Gasteiger partial charge on any atom is -0.494 e. The summed E-state index contributed by atoms with van der Waals surface area (Å²) < 4.78 is 8.12. The van der Waals surface area contributed by atoms with Crippen molar-refractivity contribution < 1.29 is 9.53 Å². The molecule has 158 valence electrons. The molecule has 0 aliphatic carbocycles. The third-order valence-corrected chi connectivity index (χ3v) is 5.17. The molecule has 6 heteroatoms. The van der Waals surface area contributed by atoms with E-state index in [1.165, 1.54) is 5.56 Å². The second-order valence-corrected chi connectivity index (χ2v) is 7.62. The van der Waals surface area contributed by atoms with Crippen LogP contribution in [0.5, 0.6) is 5.75 Å². The molecule has 0 aliphatic rings. The van der Waals surface area contributed by atoms with Gasteiger partial charge in [-0.3, -0.25) is 14.3 Å². The third kappa shape index (κ3) is 4.91. The Bertz CT molecular complexity index is 1170. The van der Waals surface area contributed by atoms with Gasteiger partial charge in [-0.15, -0.1) is 0 Å². The maximum atomic E-state index is 10.8. The molecule has 2 heterocycles. The molecule has 4 rings (SSSR count). The molecule has 31 heavy (non-hydrogen) atoms. The second kappa shape index (κ2) is 9.43. The summed E-state index contributed by atoms with van der Waals surface area (Å²) in [4.78, 5) is 20.0. The lowest BCUT2D eigenvalue weighted by molar-refractivity contribution is -0.118. The molecule has 2 N–H and O–H groups in total. The normalized spacial score (nSPS) is 11.0. The van der Waals surface area contributed by atoms with Gasteiger partial charge in [-0.25, -0.2) is 4.98 Å². The minimum absolute atomic E-state index is 0.250. The molecule has 0 saturated heterocycles. The molecule has 4 aromatic rings. The van der Waals surface area contributed by atoms with E-state index < -0.39 is 0 Å². The van der Waals surface area contributed by atoms with Crippen LogP contribution in [0, 0.1) is 6.92 Å². The van der Waals surface area contributed by atoms with Crippen molar-refractivity contribution in [1.29, 1.82) is 0 Å². The van der Waals surface area contributed by atoms with Crippen molar-refractivity contribution in [3.8, 4) is 22.8 Å². The highest BCUT2D eigenvalue weighted by molar-refractivity contribution is 5.84. The maximum Gasteiger partial charge on any atom is 0.217 e. The van der Waals surface area contributed by atoms with Gasteiger partial charge < -0.3 is 10.5 Å². The molecule has 6 nitrogen and oxygen atoms in total. The lowest BCUT2D eigenvalue weighted by Crippen LogP contribution is -2.09. The Balaban J connectivity index is 1.63. The molecule has 0 atom stereocenters. The summed E-state index contributed by atoms with van der Waals surface area (Å²) in [5.41, 5.74) is 10.3. The Labute approximate surface area is 181 Å². The first kappa shape index (κ1) is 20.6. The van der Waals surface area contributed by atoms with Crippen LogP contribution in [0.2, 0.25) is 0 Å². The SMILES string of the molecule is Cc1ccc(-n2c(-c3cccnc3)nc3ccc(OCCCCCC(N)=O)cc32)cc1.